The average molecular weight is 642 g/mol. The van der Waals surface area contributed by atoms with E-state index in [4.69, 9.17) is 37.7 Å². The van der Waals surface area contributed by atoms with Gasteiger partial charge in [-0.25, -0.2) is 0 Å². The van der Waals surface area contributed by atoms with Crippen LogP contribution < -0.4 is 0 Å². The number of rotatable bonds is 0. The van der Waals surface area contributed by atoms with Gasteiger partial charge in [-0.3, -0.25) is 0 Å². The molecular formula is C12H40Cl4Mo2P4+4. The minimum atomic E-state index is -0.586. The van der Waals surface area contributed by atoms with Gasteiger partial charge in [0.1, 0.15) is 0 Å². The standard InChI is InChI=1S/4C3H9P.4ClH.2Mo/c4*1-4(2)3;;;;;;/h4*1-3H3;4*1H;;/q;;;;;;;;2*+2. The summed E-state index contributed by atoms with van der Waals surface area (Å²) >= 11 is -1.17. The maximum atomic E-state index is 4.89. The average Bonchev–Trinajstić information content (AvgIpc) is 2.13. The molecule has 0 aromatic heterocycles. The second-order valence-electron chi connectivity index (χ2n) is 6.12. The molecule has 0 atom stereocenters. The number of hydrogen-bond donors (Lipinski definition) is 0. The van der Waals surface area contributed by atoms with Crippen molar-refractivity contribution in [2.75, 3.05) is 80.0 Å². The first-order chi connectivity index (χ1) is 9.76. The summed E-state index contributed by atoms with van der Waals surface area (Å²) < 4.78 is 0. The molecule has 0 amide bonds. The van der Waals surface area contributed by atoms with Crippen LogP contribution in [0.1, 0.15) is 0 Å². The first-order valence-corrected chi connectivity index (χ1v) is 29.0. The molecule has 0 nitrogen and oxygen atoms in total. The van der Waals surface area contributed by atoms with Crippen molar-refractivity contribution in [2.24, 2.45) is 0 Å². The maximum absolute atomic E-state index is 4.89. The van der Waals surface area contributed by atoms with Crippen molar-refractivity contribution in [1.29, 1.82) is 0 Å². The molecule has 22 heavy (non-hydrogen) atoms. The molecule has 0 saturated carbocycles. The molecule has 0 aromatic carbocycles. The molecule has 0 spiro atoms. The molecule has 144 valence electrons. The predicted molar refractivity (Wildman–Crippen MR) is 128 cm³/mol. The summed E-state index contributed by atoms with van der Waals surface area (Å²) in [5.41, 5.74) is 0. The van der Waals surface area contributed by atoms with Crippen LogP contribution in [-0.4, -0.2) is 80.0 Å². The number of halogens is 4. The van der Waals surface area contributed by atoms with E-state index in [9.17, 15) is 0 Å². The van der Waals surface area contributed by atoms with Crippen molar-refractivity contribution in [1.82, 2.24) is 0 Å². The van der Waals surface area contributed by atoms with Gasteiger partial charge in [0.05, 0.1) is 0 Å². The van der Waals surface area contributed by atoms with Crippen molar-refractivity contribution in [2.45, 2.75) is 0 Å². The van der Waals surface area contributed by atoms with E-state index in [0.29, 0.717) is 0 Å². The Morgan fingerprint density at radius 3 is 0.364 bits per heavy atom. The Morgan fingerprint density at radius 1 is 0.364 bits per heavy atom. The topological polar surface area (TPSA) is 0 Å². The first-order valence-electron chi connectivity index (χ1n) is 6.62. The third-order valence-electron chi connectivity index (χ3n) is 0. The summed E-state index contributed by atoms with van der Waals surface area (Å²) in [5.74, 6) is 0. The summed E-state index contributed by atoms with van der Waals surface area (Å²) in [6, 6.07) is 0. The third-order valence-corrected chi connectivity index (χ3v) is 0. The second kappa shape index (κ2) is 44.6. The molecule has 0 aliphatic rings. The SMILES string of the molecule is C[PH+](C)C.C[PH+](C)C.C[PH+](C)C.C[PH+](C)C.[Cl][Mo][Cl].[Cl][Mo][Cl]. The molecule has 0 aliphatic heterocycles. The Kier molecular flexibility index (Phi) is 82.7. The minimum absolute atomic E-state index is 0.120. The first kappa shape index (κ1) is 40.8. The fourth-order valence-corrected chi connectivity index (χ4v) is 0. The van der Waals surface area contributed by atoms with Gasteiger partial charge in [0, 0.05) is 80.0 Å². The van der Waals surface area contributed by atoms with Gasteiger partial charge in [0.25, 0.3) is 0 Å². The van der Waals surface area contributed by atoms with Crippen LogP contribution in [0.5, 0.6) is 0 Å². The number of hydrogen-bond acceptors (Lipinski definition) is 0. The molecule has 0 saturated heterocycles. The van der Waals surface area contributed by atoms with Crippen molar-refractivity contribution in [3.05, 3.63) is 0 Å². The van der Waals surface area contributed by atoms with E-state index in [1.807, 2.05) is 0 Å². The Morgan fingerprint density at radius 2 is 0.364 bits per heavy atom. The fourth-order valence-electron chi connectivity index (χ4n) is 0. The summed E-state index contributed by atoms with van der Waals surface area (Å²) in [5, 5.41) is 0. The van der Waals surface area contributed by atoms with E-state index in [1.165, 1.54) is 0 Å². The van der Waals surface area contributed by atoms with Crippen LogP contribution in [0.3, 0.4) is 0 Å². The normalized spacial score (nSPS) is 8.18. The van der Waals surface area contributed by atoms with Crippen LogP contribution in [0.2, 0.25) is 0 Å². The molecule has 10 heteroatoms. The van der Waals surface area contributed by atoms with Crippen LogP contribution in [-0.2, 0) is 33.0 Å². The van der Waals surface area contributed by atoms with Gasteiger partial charge in [-0.15, -0.1) is 0 Å². The zero-order valence-electron chi connectivity index (χ0n) is 16.3. The van der Waals surface area contributed by atoms with Gasteiger partial charge in [-0.1, -0.05) is 0 Å². The van der Waals surface area contributed by atoms with Gasteiger partial charge >= 0.3 is 70.6 Å². The van der Waals surface area contributed by atoms with E-state index in [1.54, 1.807) is 0 Å². The summed E-state index contributed by atoms with van der Waals surface area (Å²) in [6.07, 6.45) is 0. The van der Waals surface area contributed by atoms with Gasteiger partial charge in [-0.05, 0) is 31.7 Å². The molecule has 0 fully saturated rings. The molecule has 0 heterocycles. The Hall–Kier alpha value is 4.26. The van der Waals surface area contributed by atoms with Crippen LogP contribution in [0.15, 0.2) is 0 Å². The molecule has 0 rings (SSSR count). The Bertz CT molecular complexity index is 98.7. The quantitative estimate of drug-likeness (QED) is 0.195. The molecule has 0 N–H and O–H groups in total. The second-order valence-corrected chi connectivity index (χ2v) is 24.2. The van der Waals surface area contributed by atoms with Gasteiger partial charge < -0.3 is 0 Å². The molecule has 0 aromatic rings. The van der Waals surface area contributed by atoms with E-state index in [2.05, 4.69) is 80.0 Å². The zero-order chi connectivity index (χ0) is 19.7. The Labute approximate surface area is 180 Å². The fraction of sp³-hybridized carbons (Fsp3) is 1.00. The van der Waals surface area contributed by atoms with Crippen LogP contribution in [0, 0.1) is 0 Å². The van der Waals surface area contributed by atoms with Crippen molar-refractivity contribution in [3.63, 3.8) is 0 Å². The van der Waals surface area contributed by atoms with Crippen molar-refractivity contribution in [3.8, 4) is 0 Å². The molecule has 0 unspecified atom stereocenters. The van der Waals surface area contributed by atoms with Crippen LogP contribution in [0.25, 0.3) is 0 Å². The zero-order valence-corrected chi connectivity index (χ0v) is 27.4. The Balaban J connectivity index is -0.0000000351. The summed E-state index contributed by atoms with van der Waals surface area (Å²) in [6.45, 7) is 27.2. The molecular weight excluding hydrogens is 602 g/mol. The third kappa shape index (κ3) is 724. The van der Waals surface area contributed by atoms with Crippen molar-refractivity contribution >= 4 is 69.4 Å². The van der Waals surface area contributed by atoms with Gasteiger partial charge in [-0.2, -0.15) is 0 Å². The predicted octanol–water partition coefficient (Wildman–Crippen LogP) is 7.11. The van der Waals surface area contributed by atoms with E-state index in [0.717, 1.165) is 0 Å². The van der Waals surface area contributed by atoms with Crippen LogP contribution in [0.4, 0.5) is 0 Å². The molecule has 0 radical (unpaired) electrons. The van der Waals surface area contributed by atoms with E-state index < -0.39 is 33.0 Å². The summed E-state index contributed by atoms with van der Waals surface area (Å²) in [4.78, 5) is 0. The summed E-state index contributed by atoms with van der Waals surface area (Å²) in [7, 11) is 20.1. The molecule has 0 bridgehead atoms. The van der Waals surface area contributed by atoms with E-state index in [-0.39, 0.29) is 31.7 Å². The monoisotopic (exact) mass is 644 g/mol. The van der Waals surface area contributed by atoms with Gasteiger partial charge in [0.15, 0.2) is 0 Å². The van der Waals surface area contributed by atoms with Crippen LogP contribution >= 0.6 is 69.4 Å². The van der Waals surface area contributed by atoms with Gasteiger partial charge in [0.2, 0.25) is 0 Å². The van der Waals surface area contributed by atoms with Crippen molar-refractivity contribution < 1.29 is 33.0 Å². The molecule has 0 aliphatic carbocycles. The van der Waals surface area contributed by atoms with E-state index >= 15 is 0 Å².